The summed E-state index contributed by atoms with van der Waals surface area (Å²) in [5.41, 5.74) is 7.52. The monoisotopic (exact) mass is 349 g/mol. The molecule has 0 saturated heterocycles. The van der Waals surface area contributed by atoms with Crippen LogP contribution < -0.4 is 16.4 Å². The predicted octanol–water partition coefficient (Wildman–Crippen LogP) is -0.0632. The molecule has 0 radical (unpaired) electrons. The van der Waals surface area contributed by atoms with E-state index in [0.29, 0.717) is 35.9 Å². The number of nitrogen functional groups attached to an aromatic ring is 1. The molecule has 25 heavy (non-hydrogen) atoms. The molecule has 0 aliphatic heterocycles. The molecule has 0 saturated carbocycles. The number of ether oxygens (including phenoxy) is 1. The fourth-order valence-corrected chi connectivity index (χ4v) is 2.36. The molecule has 0 aliphatic carbocycles. The molecular weight excluding hydrogens is 326 g/mol. The Balaban J connectivity index is 1.96. The number of aromatic nitrogens is 2. The van der Waals surface area contributed by atoms with Gasteiger partial charge in [-0.1, -0.05) is 0 Å². The molecular formula is C16H23N5O4. The fourth-order valence-electron chi connectivity index (χ4n) is 2.36. The van der Waals surface area contributed by atoms with E-state index in [4.69, 9.17) is 15.6 Å². The van der Waals surface area contributed by atoms with Gasteiger partial charge in [-0.25, -0.2) is 0 Å². The van der Waals surface area contributed by atoms with Crippen molar-refractivity contribution in [2.45, 2.75) is 0 Å². The molecule has 0 fully saturated rings. The van der Waals surface area contributed by atoms with Gasteiger partial charge in [0.05, 0.1) is 31.2 Å². The first-order valence-electron chi connectivity index (χ1n) is 7.78. The van der Waals surface area contributed by atoms with Gasteiger partial charge in [0.2, 0.25) is 0 Å². The number of aliphatic hydroxyl groups excluding tert-OH is 1. The highest BCUT2D eigenvalue weighted by atomic mass is 16.5. The van der Waals surface area contributed by atoms with E-state index in [9.17, 15) is 9.59 Å². The third kappa shape index (κ3) is 4.85. The number of nitrogens with one attached hydrogen (secondary N) is 2. The first kappa shape index (κ1) is 18.6. The highest BCUT2D eigenvalue weighted by Crippen LogP contribution is 2.16. The van der Waals surface area contributed by atoms with Crippen LogP contribution in [0.3, 0.4) is 0 Å². The van der Waals surface area contributed by atoms with Crippen molar-refractivity contribution < 1.29 is 19.4 Å². The Morgan fingerprint density at radius 1 is 1.12 bits per heavy atom. The number of hydrogen-bond donors (Lipinski definition) is 4. The van der Waals surface area contributed by atoms with E-state index in [2.05, 4.69) is 10.6 Å². The lowest BCUT2D eigenvalue weighted by molar-refractivity contribution is 0.0833. The lowest BCUT2D eigenvalue weighted by Crippen LogP contribution is -2.28. The zero-order chi connectivity index (χ0) is 18.4. The van der Waals surface area contributed by atoms with Gasteiger partial charge < -0.3 is 35.3 Å². The van der Waals surface area contributed by atoms with E-state index in [1.54, 1.807) is 47.8 Å². The molecule has 9 heteroatoms. The van der Waals surface area contributed by atoms with Crippen molar-refractivity contribution in [2.24, 2.45) is 14.1 Å². The Kier molecular flexibility index (Phi) is 6.20. The number of carbonyl (C=O) groups is 2. The molecule has 0 bridgehead atoms. The minimum Gasteiger partial charge on any atom is -0.397 e. The molecule has 0 aromatic carbocycles. The average Bonchev–Trinajstić information content (AvgIpc) is 3.08. The highest BCUT2D eigenvalue weighted by molar-refractivity contribution is 6.04. The predicted molar refractivity (Wildman–Crippen MR) is 93.4 cm³/mol. The van der Waals surface area contributed by atoms with Crippen LogP contribution in [0.5, 0.6) is 0 Å². The maximum absolute atomic E-state index is 12.3. The van der Waals surface area contributed by atoms with Crippen molar-refractivity contribution in [1.82, 2.24) is 14.5 Å². The average molecular weight is 349 g/mol. The summed E-state index contributed by atoms with van der Waals surface area (Å²) in [6.07, 6.45) is 3.30. The molecule has 9 nitrogen and oxygen atoms in total. The molecule has 2 heterocycles. The van der Waals surface area contributed by atoms with Crippen LogP contribution in [0.2, 0.25) is 0 Å². The van der Waals surface area contributed by atoms with E-state index in [0.717, 1.165) is 0 Å². The molecule has 136 valence electrons. The van der Waals surface area contributed by atoms with Crippen molar-refractivity contribution in [3.63, 3.8) is 0 Å². The van der Waals surface area contributed by atoms with Crippen LogP contribution in [0.25, 0.3) is 0 Å². The van der Waals surface area contributed by atoms with Crippen LogP contribution in [-0.4, -0.2) is 52.4 Å². The van der Waals surface area contributed by atoms with Gasteiger partial charge >= 0.3 is 0 Å². The topological polar surface area (TPSA) is 124 Å². The van der Waals surface area contributed by atoms with Crippen molar-refractivity contribution >= 4 is 23.2 Å². The second-order valence-corrected chi connectivity index (χ2v) is 5.54. The van der Waals surface area contributed by atoms with Gasteiger partial charge in [0.25, 0.3) is 11.8 Å². The van der Waals surface area contributed by atoms with Gasteiger partial charge in [-0.3, -0.25) is 9.59 Å². The zero-order valence-corrected chi connectivity index (χ0v) is 14.3. The van der Waals surface area contributed by atoms with Crippen LogP contribution in [0.15, 0.2) is 24.5 Å². The van der Waals surface area contributed by atoms with Crippen LogP contribution in [0.4, 0.5) is 11.4 Å². The summed E-state index contributed by atoms with van der Waals surface area (Å²) in [6.45, 7) is 0.824. The summed E-state index contributed by atoms with van der Waals surface area (Å²) < 4.78 is 8.33. The van der Waals surface area contributed by atoms with Crippen molar-refractivity contribution in [3.8, 4) is 0 Å². The first-order valence-corrected chi connectivity index (χ1v) is 7.78. The fraction of sp³-hybridized carbons (Fsp3) is 0.375. The Morgan fingerprint density at radius 2 is 1.80 bits per heavy atom. The summed E-state index contributed by atoms with van der Waals surface area (Å²) in [7, 11) is 3.45. The highest BCUT2D eigenvalue weighted by Gasteiger charge is 2.15. The lowest BCUT2D eigenvalue weighted by Gasteiger charge is -2.06. The van der Waals surface area contributed by atoms with Crippen molar-refractivity contribution in [2.75, 3.05) is 37.4 Å². The first-order chi connectivity index (χ1) is 11.9. The summed E-state index contributed by atoms with van der Waals surface area (Å²) in [6, 6.07) is 3.17. The summed E-state index contributed by atoms with van der Waals surface area (Å²) >= 11 is 0. The molecule has 2 rings (SSSR count). The third-order valence-corrected chi connectivity index (χ3v) is 3.52. The minimum absolute atomic E-state index is 0.0540. The maximum Gasteiger partial charge on any atom is 0.272 e. The number of anilines is 2. The third-order valence-electron chi connectivity index (χ3n) is 3.52. The van der Waals surface area contributed by atoms with Crippen molar-refractivity contribution in [1.29, 1.82) is 0 Å². The van der Waals surface area contributed by atoms with Crippen LogP contribution in [0, 0.1) is 0 Å². The van der Waals surface area contributed by atoms with Gasteiger partial charge in [-0.2, -0.15) is 0 Å². The van der Waals surface area contributed by atoms with Gasteiger partial charge in [-0.15, -0.1) is 0 Å². The summed E-state index contributed by atoms with van der Waals surface area (Å²) in [5, 5.41) is 14.1. The minimum atomic E-state index is -0.311. The molecule has 5 N–H and O–H groups in total. The SMILES string of the molecule is Cn1cc(NC(=O)c2cc(N)cn2C)cc1C(=O)NCCOCCO. The van der Waals surface area contributed by atoms with Gasteiger partial charge in [0, 0.05) is 33.0 Å². The quantitative estimate of drug-likeness (QED) is 0.497. The maximum atomic E-state index is 12.3. The normalized spacial score (nSPS) is 10.7. The van der Waals surface area contributed by atoms with Crippen LogP contribution in [-0.2, 0) is 18.8 Å². The molecule has 2 amide bonds. The summed E-state index contributed by atoms with van der Waals surface area (Å²) in [4.78, 5) is 24.4. The van der Waals surface area contributed by atoms with E-state index in [-0.39, 0.29) is 25.0 Å². The molecule has 0 unspecified atom stereocenters. The number of aliphatic hydroxyl groups is 1. The van der Waals surface area contributed by atoms with E-state index in [1.165, 1.54) is 0 Å². The Morgan fingerprint density at radius 3 is 2.44 bits per heavy atom. The Hall–Kier alpha value is -2.78. The van der Waals surface area contributed by atoms with Crippen LogP contribution >= 0.6 is 0 Å². The molecule has 0 aliphatic rings. The van der Waals surface area contributed by atoms with Gasteiger partial charge in [-0.05, 0) is 12.1 Å². The molecule has 0 spiro atoms. The van der Waals surface area contributed by atoms with Crippen LogP contribution in [0.1, 0.15) is 21.0 Å². The lowest BCUT2D eigenvalue weighted by atomic mass is 10.3. The molecule has 2 aromatic rings. The largest absolute Gasteiger partial charge is 0.397 e. The number of nitrogens with zero attached hydrogens (tertiary/aromatic N) is 2. The molecule has 2 aromatic heterocycles. The van der Waals surface area contributed by atoms with E-state index >= 15 is 0 Å². The summed E-state index contributed by atoms with van der Waals surface area (Å²) in [5.74, 6) is -0.590. The number of hydrogen-bond acceptors (Lipinski definition) is 5. The van der Waals surface area contributed by atoms with E-state index in [1.807, 2.05) is 0 Å². The number of carbonyl (C=O) groups excluding carboxylic acids is 2. The van der Waals surface area contributed by atoms with Crippen molar-refractivity contribution in [3.05, 3.63) is 35.9 Å². The number of rotatable bonds is 8. The number of amides is 2. The molecule has 0 atom stereocenters. The smallest absolute Gasteiger partial charge is 0.272 e. The number of nitrogens with two attached hydrogens (primary N) is 1. The second-order valence-electron chi connectivity index (χ2n) is 5.54. The van der Waals surface area contributed by atoms with Gasteiger partial charge in [0.1, 0.15) is 11.4 Å². The Bertz CT molecular complexity index is 750. The zero-order valence-electron chi connectivity index (χ0n) is 14.3. The standard InChI is InChI=1S/C16H23N5O4/c1-20-9-11(17)7-13(20)16(24)19-12-8-14(21(2)10-12)15(23)18-3-5-25-6-4-22/h7-10,22H,3-6,17H2,1-2H3,(H,18,23)(H,19,24). The Labute approximate surface area is 145 Å². The van der Waals surface area contributed by atoms with Gasteiger partial charge in [0.15, 0.2) is 0 Å². The number of aryl methyl sites for hydroxylation is 2. The van der Waals surface area contributed by atoms with E-state index < -0.39 is 0 Å². The second kappa shape index (κ2) is 8.36.